The molecule has 2 heterocycles. The molecule has 0 aliphatic carbocycles. The average molecular weight is 441 g/mol. The Labute approximate surface area is 189 Å². The fourth-order valence-electron chi connectivity index (χ4n) is 4.99. The maximum Gasteiger partial charge on any atom is 0.309 e. The van der Waals surface area contributed by atoms with Crippen LogP contribution >= 0.6 is 0 Å². The molecular weight excluding hydrogens is 408 g/mol. The average Bonchev–Trinajstić information content (AvgIpc) is 2.77. The Balaban J connectivity index is 1.61. The summed E-state index contributed by atoms with van der Waals surface area (Å²) in [5, 5.41) is 10.00. The first-order valence-corrected chi connectivity index (χ1v) is 11.3. The Kier molecular flexibility index (Phi) is 6.33. The van der Waals surface area contributed by atoms with Crippen LogP contribution in [0, 0.1) is 11.8 Å². The van der Waals surface area contributed by atoms with Crippen molar-refractivity contribution in [3.05, 3.63) is 53.6 Å². The number of carbonyl (C=O) groups is 1. The van der Waals surface area contributed by atoms with E-state index in [1.54, 1.807) is 7.11 Å². The topological polar surface area (TPSA) is 74.2 Å². The molecule has 2 aliphatic rings. The van der Waals surface area contributed by atoms with Gasteiger partial charge in [0.25, 0.3) is 0 Å². The summed E-state index contributed by atoms with van der Waals surface area (Å²) in [6.07, 6.45) is 1.22. The Bertz CT molecular complexity index is 969. The monoisotopic (exact) mass is 440 g/mol. The minimum absolute atomic E-state index is 0.0685. The highest BCUT2D eigenvalue weighted by molar-refractivity contribution is 5.71. The van der Waals surface area contributed by atoms with Crippen LogP contribution in [0.25, 0.3) is 0 Å². The zero-order chi connectivity index (χ0) is 22.9. The fraction of sp³-hybridized carbons (Fsp3) is 0.500. The van der Waals surface area contributed by atoms with Gasteiger partial charge in [-0.3, -0.25) is 4.79 Å². The summed E-state index contributed by atoms with van der Waals surface area (Å²) in [5.74, 6) is 0.877. The number of fused-ring (bicyclic) bond motifs is 3. The minimum Gasteiger partial charge on any atom is -0.497 e. The Morgan fingerprint density at radius 3 is 2.72 bits per heavy atom. The second kappa shape index (κ2) is 9.02. The second-order valence-electron chi connectivity index (χ2n) is 9.11. The summed E-state index contributed by atoms with van der Waals surface area (Å²) in [4.78, 5) is 12.2. The zero-order valence-electron chi connectivity index (χ0n) is 19.2. The van der Waals surface area contributed by atoms with Crippen LogP contribution in [-0.2, 0) is 16.0 Å². The normalized spacial score (nSPS) is 25.8. The molecule has 0 unspecified atom stereocenters. The zero-order valence-corrected chi connectivity index (χ0v) is 19.2. The number of benzene rings is 2. The van der Waals surface area contributed by atoms with Gasteiger partial charge < -0.3 is 24.1 Å². The SMILES string of the molecule is CCOc1ccc2c(c1)[C@H]1O[C@@H](CCc3cccc(OC)c3)[C@H](C(=O)O)C[C@@H]1C(C)(C)O2. The van der Waals surface area contributed by atoms with Crippen molar-refractivity contribution in [2.45, 2.75) is 57.8 Å². The van der Waals surface area contributed by atoms with E-state index >= 15 is 0 Å². The van der Waals surface area contributed by atoms with Crippen LogP contribution in [0.1, 0.15) is 50.8 Å². The van der Waals surface area contributed by atoms with Crippen molar-refractivity contribution in [2.75, 3.05) is 13.7 Å². The molecule has 1 N–H and O–H groups in total. The van der Waals surface area contributed by atoms with Gasteiger partial charge >= 0.3 is 5.97 Å². The largest absolute Gasteiger partial charge is 0.497 e. The van der Waals surface area contributed by atoms with Gasteiger partial charge in [-0.25, -0.2) is 0 Å². The molecule has 32 heavy (non-hydrogen) atoms. The van der Waals surface area contributed by atoms with E-state index < -0.39 is 23.6 Å². The van der Waals surface area contributed by atoms with Crippen LogP contribution < -0.4 is 14.2 Å². The van der Waals surface area contributed by atoms with E-state index in [0.717, 1.165) is 34.8 Å². The van der Waals surface area contributed by atoms with Gasteiger partial charge in [-0.05, 0) is 75.9 Å². The summed E-state index contributed by atoms with van der Waals surface area (Å²) in [7, 11) is 1.64. The summed E-state index contributed by atoms with van der Waals surface area (Å²) in [6, 6.07) is 13.7. The molecule has 0 amide bonds. The van der Waals surface area contributed by atoms with Gasteiger partial charge in [0.2, 0.25) is 0 Å². The molecule has 0 radical (unpaired) electrons. The van der Waals surface area contributed by atoms with Crippen molar-refractivity contribution in [1.82, 2.24) is 0 Å². The number of carboxylic acids is 1. The summed E-state index contributed by atoms with van der Waals surface area (Å²) >= 11 is 0. The number of hydrogen-bond acceptors (Lipinski definition) is 5. The molecule has 6 nitrogen and oxygen atoms in total. The molecule has 4 atom stereocenters. The van der Waals surface area contributed by atoms with E-state index in [1.165, 1.54) is 0 Å². The summed E-state index contributed by atoms with van der Waals surface area (Å²) < 4.78 is 23.9. The van der Waals surface area contributed by atoms with Gasteiger partial charge in [0.05, 0.1) is 31.8 Å². The van der Waals surface area contributed by atoms with E-state index in [9.17, 15) is 9.90 Å². The van der Waals surface area contributed by atoms with Crippen molar-refractivity contribution in [3.63, 3.8) is 0 Å². The molecule has 2 aromatic rings. The summed E-state index contributed by atoms with van der Waals surface area (Å²) in [5.41, 5.74) is 1.51. The molecule has 0 bridgehead atoms. The first kappa shape index (κ1) is 22.5. The minimum atomic E-state index is -0.816. The fourth-order valence-corrected chi connectivity index (χ4v) is 4.99. The Morgan fingerprint density at radius 2 is 2.00 bits per heavy atom. The lowest BCUT2D eigenvalue weighted by Gasteiger charge is -2.50. The van der Waals surface area contributed by atoms with E-state index in [1.807, 2.05) is 63.2 Å². The van der Waals surface area contributed by atoms with Crippen LogP contribution in [0.2, 0.25) is 0 Å². The molecule has 2 aromatic carbocycles. The number of hydrogen-bond donors (Lipinski definition) is 1. The van der Waals surface area contributed by atoms with Gasteiger partial charge in [-0.15, -0.1) is 0 Å². The highest BCUT2D eigenvalue weighted by Crippen LogP contribution is 2.53. The molecule has 0 saturated carbocycles. The molecule has 172 valence electrons. The maximum atomic E-state index is 12.2. The highest BCUT2D eigenvalue weighted by Gasteiger charge is 2.52. The second-order valence-corrected chi connectivity index (χ2v) is 9.11. The lowest BCUT2D eigenvalue weighted by Crippen LogP contribution is -2.52. The standard InChI is InChI=1S/C26H32O6/c1-5-30-18-10-12-23-19(14-18)24-21(26(2,3)32-23)15-20(25(27)28)22(31-24)11-9-16-7-6-8-17(13-16)29-4/h6-8,10,12-14,20-22,24H,5,9,11,15H2,1-4H3,(H,27,28)/t20-,21+,22+,24-/m1/s1. The molecule has 0 spiro atoms. The number of ether oxygens (including phenoxy) is 4. The predicted octanol–water partition coefficient (Wildman–Crippen LogP) is 5.04. The molecular formula is C26H32O6. The van der Waals surface area contributed by atoms with Crippen LogP contribution in [0.3, 0.4) is 0 Å². The van der Waals surface area contributed by atoms with E-state index in [-0.39, 0.29) is 12.0 Å². The van der Waals surface area contributed by atoms with E-state index in [0.29, 0.717) is 19.4 Å². The number of aryl methyl sites for hydroxylation is 1. The van der Waals surface area contributed by atoms with Crippen LogP contribution in [0.5, 0.6) is 17.2 Å². The molecule has 1 saturated heterocycles. The molecule has 1 fully saturated rings. The van der Waals surface area contributed by atoms with E-state index in [4.69, 9.17) is 18.9 Å². The summed E-state index contributed by atoms with van der Waals surface area (Å²) in [6.45, 7) is 6.56. The van der Waals surface area contributed by atoms with Gasteiger partial charge in [-0.2, -0.15) is 0 Å². The number of rotatable bonds is 7. The third kappa shape index (κ3) is 4.42. The molecule has 6 heteroatoms. The maximum absolute atomic E-state index is 12.2. The predicted molar refractivity (Wildman–Crippen MR) is 120 cm³/mol. The number of carboxylic acid groups (broad SMARTS) is 1. The third-order valence-corrected chi connectivity index (χ3v) is 6.68. The lowest BCUT2D eigenvalue weighted by molar-refractivity contribution is -0.188. The molecule has 4 rings (SSSR count). The van der Waals surface area contributed by atoms with Gasteiger partial charge in [0, 0.05) is 11.5 Å². The number of methoxy groups -OCH3 is 1. The third-order valence-electron chi connectivity index (χ3n) is 6.68. The highest BCUT2D eigenvalue weighted by atomic mass is 16.5. The van der Waals surface area contributed by atoms with Crippen molar-refractivity contribution in [3.8, 4) is 17.2 Å². The van der Waals surface area contributed by atoms with Crippen molar-refractivity contribution in [2.24, 2.45) is 11.8 Å². The van der Waals surface area contributed by atoms with E-state index in [2.05, 4.69) is 0 Å². The Morgan fingerprint density at radius 1 is 1.19 bits per heavy atom. The van der Waals surface area contributed by atoms with Crippen molar-refractivity contribution < 1.29 is 28.8 Å². The molecule has 2 aliphatic heterocycles. The van der Waals surface area contributed by atoms with Crippen molar-refractivity contribution in [1.29, 1.82) is 0 Å². The lowest BCUT2D eigenvalue weighted by atomic mass is 9.71. The number of aliphatic carboxylic acids is 1. The van der Waals surface area contributed by atoms with Crippen LogP contribution in [0.15, 0.2) is 42.5 Å². The molecule has 0 aromatic heterocycles. The van der Waals surface area contributed by atoms with Crippen LogP contribution in [0.4, 0.5) is 0 Å². The van der Waals surface area contributed by atoms with Gasteiger partial charge in [0.1, 0.15) is 22.8 Å². The first-order chi connectivity index (χ1) is 15.3. The smallest absolute Gasteiger partial charge is 0.309 e. The first-order valence-electron chi connectivity index (χ1n) is 11.3. The Hall–Kier alpha value is -2.73. The van der Waals surface area contributed by atoms with Crippen LogP contribution in [-0.4, -0.2) is 36.5 Å². The quantitative estimate of drug-likeness (QED) is 0.650. The van der Waals surface area contributed by atoms with Gasteiger partial charge in [-0.1, -0.05) is 12.1 Å². The van der Waals surface area contributed by atoms with Crippen molar-refractivity contribution >= 4 is 5.97 Å². The van der Waals surface area contributed by atoms with Gasteiger partial charge in [0.15, 0.2) is 0 Å².